The molecule has 4 aromatic rings. The van der Waals surface area contributed by atoms with Crippen LogP contribution in [-0.4, -0.2) is 79.0 Å². The van der Waals surface area contributed by atoms with Gasteiger partial charge in [-0.1, -0.05) is 48.5 Å². The molecule has 2 saturated heterocycles. The number of alkyl halides is 1. The van der Waals surface area contributed by atoms with Crippen LogP contribution in [0, 0.1) is 0 Å². The van der Waals surface area contributed by atoms with Gasteiger partial charge in [0, 0.05) is 12.0 Å². The minimum Gasteiger partial charge on any atom is -0.456 e. The molecule has 0 radical (unpaired) electrons. The molecule has 5 unspecified atom stereocenters. The minimum absolute atomic E-state index is 0.248. The van der Waals surface area contributed by atoms with Crippen LogP contribution in [0.15, 0.2) is 59.9 Å². The number of imidazole rings is 1. The highest BCUT2D eigenvalue weighted by Gasteiger charge is 2.48. The summed E-state index contributed by atoms with van der Waals surface area (Å²) in [6.45, 7) is 0.581. The summed E-state index contributed by atoms with van der Waals surface area (Å²) in [6.07, 6.45) is 0.407. The Kier molecular flexibility index (Phi) is 5.54. The Balaban J connectivity index is 1.08. The van der Waals surface area contributed by atoms with Crippen LogP contribution in [0.25, 0.3) is 22.5 Å². The molecule has 37 heavy (non-hydrogen) atoms. The molecule has 0 amide bonds. The second-order valence-corrected chi connectivity index (χ2v) is 9.85. The molecule has 0 spiro atoms. The van der Waals surface area contributed by atoms with E-state index in [1.165, 1.54) is 6.33 Å². The number of nitrogens with one attached hydrogen (secondary N) is 2. The molecule has 3 aliphatic rings. The van der Waals surface area contributed by atoms with Crippen molar-refractivity contribution >= 4 is 23.1 Å². The van der Waals surface area contributed by atoms with E-state index in [9.17, 15) is 5.11 Å². The monoisotopic (exact) mass is 518 g/mol. The van der Waals surface area contributed by atoms with E-state index in [-0.39, 0.29) is 30.3 Å². The normalized spacial score (nSPS) is 26.5. The van der Waals surface area contributed by atoms with Crippen molar-refractivity contribution in [3.05, 3.63) is 66.1 Å². The first kappa shape index (κ1) is 22.6. The average Bonchev–Trinajstić information content (AvgIpc) is 3.71. The third-order valence-electron chi connectivity index (χ3n) is 6.97. The van der Waals surface area contributed by atoms with Gasteiger partial charge in [0.05, 0.1) is 30.0 Å². The number of aliphatic hydroxyl groups is 1. The van der Waals surface area contributed by atoms with Crippen molar-refractivity contribution in [1.29, 1.82) is 0 Å². The van der Waals surface area contributed by atoms with E-state index in [1.54, 1.807) is 0 Å². The number of rotatable bonds is 5. The zero-order valence-corrected chi connectivity index (χ0v) is 20.3. The Morgan fingerprint density at radius 2 is 1.62 bits per heavy atom. The third kappa shape index (κ3) is 4.11. The van der Waals surface area contributed by atoms with Crippen LogP contribution in [-0.2, 0) is 15.9 Å². The number of H-pyrrole nitrogens is 2. The van der Waals surface area contributed by atoms with Crippen LogP contribution in [0.2, 0.25) is 0 Å². The van der Waals surface area contributed by atoms with Gasteiger partial charge in [0.25, 0.3) is 6.01 Å². The highest BCUT2D eigenvalue weighted by molar-refractivity contribution is 6.36. The van der Waals surface area contributed by atoms with Crippen LogP contribution in [0.5, 0.6) is 6.01 Å². The van der Waals surface area contributed by atoms with Gasteiger partial charge in [-0.05, 0) is 16.7 Å². The smallest absolute Gasteiger partial charge is 0.296 e. The number of aliphatic imine (C=N–C) groups is 1. The lowest BCUT2D eigenvalue weighted by molar-refractivity contribution is 0.00699. The summed E-state index contributed by atoms with van der Waals surface area (Å²) in [5, 5.41) is 16.4. The maximum absolute atomic E-state index is 9.94. The lowest BCUT2D eigenvalue weighted by Crippen LogP contribution is -2.34. The van der Waals surface area contributed by atoms with Crippen molar-refractivity contribution in [1.82, 2.24) is 25.1 Å². The van der Waals surface area contributed by atoms with Gasteiger partial charge in [-0.15, -0.1) is 11.6 Å². The average molecular weight is 519 g/mol. The van der Waals surface area contributed by atoms with Crippen molar-refractivity contribution < 1.29 is 19.3 Å². The largest absolute Gasteiger partial charge is 0.456 e. The van der Waals surface area contributed by atoms with Crippen molar-refractivity contribution in [2.45, 2.75) is 36.2 Å². The Morgan fingerprint density at radius 3 is 2.35 bits per heavy atom. The Bertz CT molecular complexity index is 1440. The maximum atomic E-state index is 9.94. The third-order valence-corrected chi connectivity index (χ3v) is 7.33. The predicted octanol–water partition coefficient (Wildman–Crippen LogP) is 3.05. The quantitative estimate of drug-likeness (QED) is 0.346. The second-order valence-electron chi connectivity index (χ2n) is 9.32. The number of fused-ring (bicyclic) bond motifs is 2. The summed E-state index contributed by atoms with van der Waals surface area (Å²) in [6, 6.07) is 16.7. The number of halogens is 1. The summed E-state index contributed by atoms with van der Waals surface area (Å²) in [4.78, 5) is 16.7. The standard InChI is InChI=1S/C26H23ClN6O4/c27-17-9-18-25(32-26(30-18)37-20-11-36-22-19(34)10-35-23(20)22)31-21(17)15-5-1-13(2-6-15)14-3-7-16(8-4-14)24-28-12-29-33-24/h1-8,12,17,19-20,22-23,34H,9-11H2,(H,30,32)(H,28,29,33). The first-order valence-electron chi connectivity index (χ1n) is 12.1. The van der Waals surface area contributed by atoms with Gasteiger partial charge < -0.3 is 24.3 Å². The molecule has 0 bridgehead atoms. The Morgan fingerprint density at radius 1 is 0.919 bits per heavy atom. The number of hydrogen-bond donors (Lipinski definition) is 3. The van der Waals surface area contributed by atoms with E-state index in [0.29, 0.717) is 24.9 Å². The van der Waals surface area contributed by atoms with Crippen LogP contribution in [0.1, 0.15) is 11.3 Å². The van der Waals surface area contributed by atoms with Crippen LogP contribution >= 0.6 is 11.6 Å². The first-order chi connectivity index (χ1) is 18.1. The molecule has 2 fully saturated rings. The van der Waals surface area contributed by atoms with Gasteiger partial charge in [-0.25, -0.2) is 9.98 Å². The highest BCUT2D eigenvalue weighted by Crippen LogP contribution is 2.34. The molecular weight excluding hydrogens is 496 g/mol. The fraction of sp³-hybridized carbons (Fsp3) is 0.308. The molecule has 2 aromatic carbocycles. The molecule has 0 aliphatic carbocycles. The fourth-order valence-corrected chi connectivity index (χ4v) is 5.39. The molecule has 3 N–H and O–H groups in total. The molecule has 3 aliphatic heterocycles. The number of aromatic nitrogens is 5. The summed E-state index contributed by atoms with van der Waals surface area (Å²) in [7, 11) is 0. The zero-order valence-electron chi connectivity index (χ0n) is 19.5. The lowest BCUT2D eigenvalue weighted by atomic mass is 9.98. The molecule has 5 heterocycles. The summed E-state index contributed by atoms with van der Waals surface area (Å²) in [5.74, 6) is 1.31. The fourth-order valence-electron chi connectivity index (χ4n) is 5.06. The number of ether oxygens (including phenoxy) is 3. The Hall–Kier alpha value is -3.57. The molecule has 188 valence electrons. The van der Waals surface area contributed by atoms with E-state index in [4.69, 9.17) is 30.8 Å². The van der Waals surface area contributed by atoms with Crippen LogP contribution in [0.4, 0.5) is 5.82 Å². The van der Waals surface area contributed by atoms with Gasteiger partial charge in [0.1, 0.15) is 24.6 Å². The molecule has 7 rings (SSSR count). The first-order valence-corrected chi connectivity index (χ1v) is 12.5. The Labute approximate surface area is 216 Å². The lowest BCUT2D eigenvalue weighted by Gasteiger charge is -2.17. The van der Waals surface area contributed by atoms with Crippen LogP contribution in [0.3, 0.4) is 0 Å². The van der Waals surface area contributed by atoms with Gasteiger partial charge in [0.2, 0.25) is 0 Å². The van der Waals surface area contributed by atoms with Gasteiger partial charge in [0.15, 0.2) is 17.7 Å². The second kappa shape index (κ2) is 9.07. The predicted molar refractivity (Wildman–Crippen MR) is 135 cm³/mol. The van der Waals surface area contributed by atoms with Crippen molar-refractivity contribution in [2.24, 2.45) is 4.99 Å². The number of hydrogen-bond acceptors (Lipinski definition) is 8. The van der Waals surface area contributed by atoms with E-state index < -0.39 is 6.10 Å². The van der Waals surface area contributed by atoms with E-state index in [2.05, 4.69) is 49.4 Å². The topological polar surface area (TPSA) is 131 Å². The van der Waals surface area contributed by atoms with Gasteiger partial charge in [-0.3, -0.25) is 5.10 Å². The summed E-state index contributed by atoms with van der Waals surface area (Å²) < 4.78 is 17.3. The van der Waals surface area contributed by atoms with Gasteiger partial charge >= 0.3 is 0 Å². The zero-order chi connectivity index (χ0) is 24.9. The molecule has 2 aromatic heterocycles. The van der Waals surface area contributed by atoms with Crippen molar-refractivity contribution in [2.75, 3.05) is 13.2 Å². The van der Waals surface area contributed by atoms with E-state index >= 15 is 0 Å². The summed E-state index contributed by atoms with van der Waals surface area (Å²) >= 11 is 6.74. The SMILES string of the molecule is OC1COC2C(Oc3nc4c([nH]3)CC(Cl)C(c3ccc(-c5ccc(-c6ncn[nH]6)cc5)cc3)=N4)COC12. The molecule has 0 saturated carbocycles. The number of aliphatic hydroxyl groups excluding tert-OH is 1. The molecule has 11 heteroatoms. The van der Waals surface area contributed by atoms with E-state index in [0.717, 1.165) is 39.5 Å². The van der Waals surface area contributed by atoms with Crippen molar-refractivity contribution in [3.8, 4) is 28.5 Å². The van der Waals surface area contributed by atoms with Gasteiger partial charge in [-0.2, -0.15) is 10.1 Å². The molecule has 5 atom stereocenters. The van der Waals surface area contributed by atoms with Crippen molar-refractivity contribution in [3.63, 3.8) is 0 Å². The number of nitrogens with zero attached hydrogens (tertiary/aromatic N) is 4. The van der Waals surface area contributed by atoms with Crippen LogP contribution < -0.4 is 4.74 Å². The van der Waals surface area contributed by atoms with E-state index in [1.807, 2.05) is 24.3 Å². The molecular formula is C26H23ClN6O4. The molecule has 10 nitrogen and oxygen atoms in total. The minimum atomic E-state index is -0.627. The number of benzene rings is 2. The maximum Gasteiger partial charge on any atom is 0.296 e. The summed E-state index contributed by atoms with van der Waals surface area (Å²) in [5.41, 5.74) is 5.69. The number of aromatic amines is 2. The highest BCUT2D eigenvalue weighted by atomic mass is 35.5.